The lowest BCUT2D eigenvalue weighted by atomic mass is 10.1. The van der Waals surface area contributed by atoms with E-state index in [4.69, 9.17) is 0 Å². The van der Waals surface area contributed by atoms with Crippen LogP contribution in [0.25, 0.3) is 0 Å². The first-order valence-corrected chi connectivity index (χ1v) is 11.4. The molecule has 0 unspecified atom stereocenters. The fourth-order valence-corrected chi connectivity index (χ4v) is 5.79. The number of halogens is 1. The van der Waals surface area contributed by atoms with Crippen LogP contribution in [0, 0.1) is 12.7 Å². The van der Waals surface area contributed by atoms with Crippen molar-refractivity contribution in [1.29, 1.82) is 0 Å². The fourth-order valence-electron chi connectivity index (χ4n) is 4.34. The van der Waals surface area contributed by atoms with E-state index in [1.165, 1.54) is 23.9 Å². The van der Waals surface area contributed by atoms with Gasteiger partial charge in [0.25, 0.3) is 5.91 Å². The first kappa shape index (κ1) is 20.6. The third kappa shape index (κ3) is 3.33. The minimum absolute atomic E-state index is 0.219. The number of anilines is 2. The summed E-state index contributed by atoms with van der Waals surface area (Å²) in [5.74, 6) is -0.0604. The van der Waals surface area contributed by atoms with Crippen molar-refractivity contribution < 1.29 is 14.0 Å². The molecule has 0 saturated carbocycles. The third-order valence-electron chi connectivity index (χ3n) is 5.89. The molecule has 1 atom stereocenters. The number of amides is 3. The van der Waals surface area contributed by atoms with Gasteiger partial charge in [0.1, 0.15) is 5.82 Å². The number of hydrogen-bond acceptors (Lipinski definition) is 3. The van der Waals surface area contributed by atoms with Crippen LogP contribution >= 0.6 is 11.8 Å². The Labute approximate surface area is 190 Å². The third-order valence-corrected chi connectivity index (χ3v) is 7.31. The number of urea groups is 1. The number of nitrogens with zero attached hydrogens (tertiary/aromatic N) is 2. The maximum absolute atomic E-state index is 14.3. The number of benzene rings is 3. The van der Waals surface area contributed by atoms with Crippen LogP contribution in [-0.2, 0) is 16.2 Å². The monoisotopic (exact) mass is 447 g/mol. The Morgan fingerprint density at radius 2 is 1.84 bits per heavy atom. The molecule has 32 heavy (non-hydrogen) atoms. The first-order valence-electron chi connectivity index (χ1n) is 10.4. The minimum Gasteiger partial charge on any atom is -0.308 e. The van der Waals surface area contributed by atoms with Crippen molar-refractivity contribution in [2.45, 2.75) is 18.3 Å². The zero-order valence-corrected chi connectivity index (χ0v) is 18.4. The Kier molecular flexibility index (Phi) is 5.13. The van der Waals surface area contributed by atoms with E-state index in [-0.39, 0.29) is 11.9 Å². The number of rotatable bonds is 3. The minimum atomic E-state index is -1.28. The molecule has 2 aliphatic heterocycles. The van der Waals surface area contributed by atoms with E-state index in [1.807, 2.05) is 61.5 Å². The average Bonchev–Trinajstić information content (AvgIpc) is 3.33. The number of fused-ring (bicyclic) bond motifs is 2. The van der Waals surface area contributed by atoms with Gasteiger partial charge in [-0.3, -0.25) is 9.69 Å². The van der Waals surface area contributed by atoms with Crippen LogP contribution < -0.4 is 10.2 Å². The van der Waals surface area contributed by atoms with Crippen molar-refractivity contribution in [3.8, 4) is 0 Å². The molecule has 3 amide bonds. The second-order valence-electron chi connectivity index (χ2n) is 7.98. The summed E-state index contributed by atoms with van der Waals surface area (Å²) in [5.41, 5.74) is 3.87. The number of thioether (sulfide) groups is 1. The smallest absolute Gasteiger partial charge is 0.308 e. The fraction of sp³-hybridized carbons (Fsp3) is 0.200. The van der Waals surface area contributed by atoms with E-state index in [1.54, 1.807) is 15.9 Å². The highest BCUT2D eigenvalue weighted by atomic mass is 32.2. The quantitative estimate of drug-likeness (QED) is 0.607. The summed E-state index contributed by atoms with van der Waals surface area (Å²) >= 11 is 1.38. The molecule has 0 aliphatic carbocycles. The van der Waals surface area contributed by atoms with Gasteiger partial charge < -0.3 is 10.2 Å². The van der Waals surface area contributed by atoms with Gasteiger partial charge in [0.15, 0.2) is 4.87 Å². The summed E-state index contributed by atoms with van der Waals surface area (Å²) in [5, 5.41) is 2.90. The van der Waals surface area contributed by atoms with Crippen molar-refractivity contribution in [3.63, 3.8) is 0 Å². The largest absolute Gasteiger partial charge is 0.323 e. The van der Waals surface area contributed by atoms with Gasteiger partial charge in [-0.05, 0) is 42.8 Å². The first-order chi connectivity index (χ1) is 15.5. The Balaban J connectivity index is 1.53. The van der Waals surface area contributed by atoms with Crippen molar-refractivity contribution in [1.82, 2.24) is 4.90 Å². The van der Waals surface area contributed by atoms with Crippen LogP contribution in [0.15, 0.2) is 72.8 Å². The Morgan fingerprint density at radius 1 is 1.09 bits per heavy atom. The maximum Gasteiger partial charge on any atom is 0.323 e. The van der Waals surface area contributed by atoms with Crippen LogP contribution in [0.1, 0.15) is 16.7 Å². The Hall–Kier alpha value is -3.32. The van der Waals surface area contributed by atoms with Crippen LogP contribution in [0.4, 0.5) is 20.6 Å². The number of carbonyl (C=O) groups is 2. The molecule has 5 nitrogen and oxygen atoms in total. The van der Waals surface area contributed by atoms with Gasteiger partial charge in [0.2, 0.25) is 0 Å². The molecule has 1 N–H and O–H groups in total. The predicted molar refractivity (Wildman–Crippen MR) is 125 cm³/mol. The highest BCUT2D eigenvalue weighted by Gasteiger charge is 2.59. The highest BCUT2D eigenvalue weighted by Crippen LogP contribution is 2.54. The second-order valence-corrected chi connectivity index (χ2v) is 9.27. The molecule has 5 rings (SSSR count). The molecule has 0 radical (unpaired) electrons. The average molecular weight is 448 g/mol. The SMILES string of the molecule is Cc1ccc(NC(=O)N2CCS[C@@]23C(=O)N(Cc2ccccc2)c2ccc(F)cc23)cc1. The van der Waals surface area contributed by atoms with Gasteiger partial charge in [0.05, 0.1) is 12.2 Å². The number of aryl methyl sites for hydroxylation is 1. The zero-order chi connectivity index (χ0) is 22.3. The summed E-state index contributed by atoms with van der Waals surface area (Å²) < 4.78 is 14.3. The molecule has 2 aliphatic rings. The standard InChI is InChI=1S/C25H22FN3O2S/c1-17-7-10-20(11-8-17)27-24(31)29-13-14-32-25(29)21-15-19(26)9-12-22(21)28(23(25)30)16-18-5-3-2-4-6-18/h2-12,15H,13-14,16H2,1H3,(H,27,31)/t25-/m0/s1. The van der Waals surface area contributed by atoms with Crippen molar-refractivity contribution in [2.75, 3.05) is 22.5 Å². The van der Waals surface area contributed by atoms with E-state index in [2.05, 4.69) is 5.32 Å². The summed E-state index contributed by atoms with van der Waals surface area (Å²) in [6.07, 6.45) is 0. The van der Waals surface area contributed by atoms with Gasteiger partial charge in [-0.2, -0.15) is 0 Å². The second kappa shape index (κ2) is 7.98. The summed E-state index contributed by atoms with van der Waals surface area (Å²) in [6, 6.07) is 21.2. The van der Waals surface area contributed by atoms with Crippen LogP contribution in [0.2, 0.25) is 0 Å². The van der Waals surface area contributed by atoms with Crippen molar-refractivity contribution in [2.24, 2.45) is 0 Å². The molecule has 0 bridgehead atoms. The van der Waals surface area contributed by atoms with Gasteiger partial charge in [-0.25, -0.2) is 9.18 Å². The summed E-state index contributed by atoms with van der Waals surface area (Å²) in [6.45, 7) is 2.72. The molecule has 1 saturated heterocycles. The number of carbonyl (C=O) groups excluding carboxylic acids is 2. The van der Waals surface area contributed by atoms with Crippen LogP contribution in [0.3, 0.4) is 0 Å². The Bertz CT molecular complexity index is 1190. The zero-order valence-electron chi connectivity index (χ0n) is 17.5. The van der Waals surface area contributed by atoms with E-state index in [0.29, 0.717) is 35.8 Å². The predicted octanol–water partition coefficient (Wildman–Crippen LogP) is 5.11. The molecule has 2 heterocycles. The van der Waals surface area contributed by atoms with Crippen LogP contribution in [0.5, 0.6) is 0 Å². The molecule has 0 aromatic heterocycles. The Morgan fingerprint density at radius 3 is 2.59 bits per heavy atom. The summed E-state index contributed by atoms with van der Waals surface area (Å²) in [7, 11) is 0. The molecule has 1 fully saturated rings. The van der Waals surface area contributed by atoms with Gasteiger partial charge in [-0.1, -0.05) is 48.0 Å². The number of hydrogen-bond donors (Lipinski definition) is 1. The van der Waals surface area contributed by atoms with E-state index >= 15 is 0 Å². The molecular weight excluding hydrogens is 425 g/mol. The van der Waals surface area contributed by atoms with Gasteiger partial charge in [0, 0.05) is 23.5 Å². The van der Waals surface area contributed by atoms with Gasteiger partial charge >= 0.3 is 6.03 Å². The maximum atomic E-state index is 14.3. The highest BCUT2D eigenvalue weighted by molar-refractivity contribution is 8.01. The topological polar surface area (TPSA) is 52.7 Å². The molecule has 1 spiro atoms. The normalized spacial score (nSPS) is 19.5. The lowest BCUT2D eigenvalue weighted by Gasteiger charge is -2.33. The van der Waals surface area contributed by atoms with Gasteiger partial charge in [-0.15, -0.1) is 11.8 Å². The van der Waals surface area contributed by atoms with E-state index in [0.717, 1.165) is 11.1 Å². The molecule has 7 heteroatoms. The van der Waals surface area contributed by atoms with Crippen LogP contribution in [-0.4, -0.2) is 29.1 Å². The van der Waals surface area contributed by atoms with E-state index in [9.17, 15) is 14.0 Å². The molecular formula is C25H22FN3O2S. The summed E-state index contributed by atoms with van der Waals surface area (Å²) in [4.78, 5) is 29.1. The lowest BCUT2D eigenvalue weighted by molar-refractivity contribution is -0.123. The van der Waals surface area contributed by atoms with E-state index < -0.39 is 10.7 Å². The molecule has 3 aromatic rings. The number of nitrogens with one attached hydrogen (secondary N) is 1. The van der Waals surface area contributed by atoms with Crippen molar-refractivity contribution >= 4 is 35.1 Å². The van der Waals surface area contributed by atoms with Crippen molar-refractivity contribution in [3.05, 3.63) is 95.3 Å². The molecule has 162 valence electrons. The lowest BCUT2D eigenvalue weighted by Crippen LogP contribution is -2.51. The molecule has 3 aromatic carbocycles.